The Morgan fingerprint density at radius 1 is 0.742 bits per heavy atom. The van der Waals surface area contributed by atoms with Crippen molar-refractivity contribution >= 4 is 29.1 Å². The van der Waals surface area contributed by atoms with Gasteiger partial charge >= 0.3 is 182 Å². The Morgan fingerprint density at radius 3 is 1.58 bits per heavy atom. The molecule has 0 aliphatic rings. The van der Waals surface area contributed by atoms with E-state index in [4.69, 9.17) is 0 Å². The summed E-state index contributed by atoms with van der Waals surface area (Å²) in [4.78, 5) is 11.8. The van der Waals surface area contributed by atoms with Crippen molar-refractivity contribution in [2.75, 3.05) is 0 Å². The Bertz CT molecular complexity index is 1140. The maximum atomic E-state index is 11.8. The van der Waals surface area contributed by atoms with Gasteiger partial charge in [-0.3, -0.25) is 0 Å². The van der Waals surface area contributed by atoms with Crippen molar-refractivity contribution in [1.82, 2.24) is 0 Å². The molecule has 0 amide bonds. The predicted molar refractivity (Wildman–Crippen MR) is 128 cm³/mol. The number of aromatic carboxylic acids is 1. The standard InChI is InChI=1S/C27H22NO2P/c28-19-22-17-16-21(18-26(22)27(29)30)20-31(23-10-4-1-5-11-23,24-12-6-2-7-13-24)25-14-8-3-9-15-25/h1-18,31H,20H2,(H,29,30). The zero-order chi connectivity index (χ0) is 21.7. The number of carboxylic acid groups (broad SMARTS) is 1. The van der Waals surface area contributed by atoms with E-state index < -0.39 is 13.2 Å². The van der Waals surface area contributed by atoms with Crippen molar-refractivity contribution in [3.05, 3.63) is 126 Å². The minimum atomic E-state index is -2.53. The van der Waals surface area contributed by atoms with E-state index in [-0.39, 0.29) is 11.1 Å². The molecule has 0 aromatic heterocycles. The number of nitriles is 1. The molecule has 4 rings (SSSR count). The Labute approximate surface area is 182 Å². The molecule has 4 heteroatoms. The van der Waals surface area contributed by atoms with Crippen LogP contribution in [0.15, 0.2) is 109 Å². The van der Waals surface area contributed by atoms with E-state index in [1.54, 1.807) is 12.1 Å². The molecule has 0 aliphatic carbocycles. The fourth-order valence-corrected chi connectivity index (χ4v) is 8.99. The number of benzene rings is 4. The average Bonchev–Trinajstić information content (AvgIpc) is 2.84. The van der Waals surface area contributed by atoms with Crippen molar-refractivity contribution < 1.29 is 9.90 Å². The van der Waals surface area contributed by atoms with Gasteiger partial charge in [0, 0.05) is 0 Å². The summed E-state index contributed by atoms with van der Waals surface area (Å²) in [6.07, 6.45) is 0.691. The number of hydrogen-bond donors (Lipinski definition) is 1. The quantitative estimate of drug-likeness (QED) is 0.465. The number of carboxylic acids is 1. The first-order chi connectivity index (χ1) is 15.1. The zero-order valence-electron chi connectivity index (χ0n) is 16.9. The van der Waals surface area contributed by atoms with Crippen LogP contribution in [0, 0.1) is 11.3 Å². The SMILES string of the molecule is N#Cc1ccc(C[PH](c2ccccc2)(c2ccccc2)c2ccccc2)cc1C(=O)O. The van der Waals surface area contributed by atoms with E-state index in [2.05, 4.69) is 72.8 Å². The van der Waals surface area contributed by atoms with Crippen LogP contribution in [0.3, 0.4) is 0 Å². The molecule has 0 spiro atoms. The Kier molecular flexibility index (Phi) is 5.94. The molecule has 4 aromatic rings. The minimum absolute atomic E-state index is 0.0529. The average molecular weight is 423 g/mol. The van der Waals surface area contributed by atoms with Crippen LogP contribution in [-0.4, -0.2) is 11.1 Å². The molecule has 31 heavy (non-hydrogen) atoms. The summed E-state index contributed by atoms with van der Waals surface area (Å²) in [6.45, 7) is 0. The van der Waals surface area contributed by atoms with Crippen LogP contribution in [-0.2, 0) is 6.16 Å². The number of rotatable bonds is 6. The molecule has 1 N–H and O–H groups in total. The van der Waals surface area contributed by atoms with Crippen molar-refractivity contribution in [2.24, 2.45) is 0 Å². The van der Waals surface area contributed by atoms with Crippen LogP contribution in [0.4, 0.5) is 0 Å². The molecule has 0 unspecified atom stereocenters. The summed E-state index contributed by atoms with van der Waals surface area (Å²) >= 11 is 0. The Balaban J connectivity index is 1.99. The van der Waals surface area contributed by atoms with Crippen molar-refractivity contribution in [2.45, 2.75) is 6.16 Å². The van der Waals surface area contributed by atoms with Gasteiger partial charge in [0.15, 0.2) is 0 Å². The number of carbonyl (C=O) groups is 1. The third-order valence-corrected chi connectivity index (χ3v) is 10.6. The van der Waals surface area contributed by atoms with Crippen molar-refractivity contribution in [3.8, 4) is 6.07 Å². The second-order valence-corrected chi connectivity index (χ2v) is 11.4. The topological polar surface area (TPSA) is 61.1 Å². The van der Waals surface area contributed by atoms with E-state index in [0.29, 0.717) is 6.16 Å². The van der Waals surface area contributed by atoms with Crippen LogP contribution >= 0.6 is 7.26 Å². The van der Waals surface area contributed by atoms with Crippen LogP contribution in [0.5, 0.6) is 0 Å². The molecule has 4 aromatic carbocycles. The van der Waals surface area contributed by atoms with Crippen molar-refractivity contribution in [3.63, 3.8) is 0 Å². The summed E-state index contributed by atoms with van der Waals surface area (Å²) in [7, 11) is -2.53. The summed E-state index contributed by atoms with van der Waals surface area (Å²) in [5, 5.41) is 22.7. The van der Waals surface area contributed by atoms with Gasteiger partial charge in [0.2, 0.25) is 0 Å². The van der Waals surface area contributed by atoms with Gasteiger partial charge in [-0.1, -0.05) is 0 Å². The third kappa shape index (κ3) is 3.99. The van der Waals surface area contributed by atoms with Crippen LogP contribution in [0.1, 0.15) is 21.5 Å². The van der Waals surface area contributed by atoms with E-state index in [0.717, 1.165) is 5.56 Å². The molecule has 0 radical (unpaired) electrons. The number of hydrogen-bond acceptors (Lipinski definition) is 2. The molecule has 0 fully saturated rings. The molecule has 0 saturated carbocycles. The van der Waals surface area contributed by atoms with Gasteiger partial charge in [0.1, 0.15) is 0 Å². The summed E-state index contributed by atoms with van der Waals surface area (Å²) in [5.74, 6) is -1.08. The molecule has 0 aliphatic heterocycles. The molecule has 0 saturated heterocycles. The molecular formula is C27H22NO2P. The third-order valence-electron chi connectivity index (χ3n) is 5.70. The normalized spacial score (nSPS) is 11.5. The monoisotopic (exact) mass is 423 g/mol. The van der Waals surface area contributed by atoms with E-state index >= 15 is 0 Å². The van der Waals surface area contributed by atoms with Gasteiger partial charge in [-0.2, -0.15) is 0 Å². The molecular weight excluding hydrogens is 401 g/mol. The van der Waals surface area contributed by atoms with Gasteiger partial charge in [-0.25, -0.2) is 0 Å². The Morgan fingerprint density at radius 2 is 1.19 bits per heavy atom. The summed E-state index contributed by atoms with van der Waals surface area (Å²) in [6, 6.07) is 38.6. The molecule has 0 atom stereocenters. The Hall–Kier alpha value is -3.73. The molecule has 0 bridgehead atoms. The van der Waals surface area contributed by atoms with Gasteiger partial charge in [0.05, 0.1) is 0 Å². The van der Waals surface area contributed by atoms with E-state index in [9.17, 15) is 15.2 Å². The summed E-state index contributed by atoms with van der Waals surface area (Å²) in [5.41, 5.74) is 1.15. The molecule has 152 valence electrons. The van der Waals surface area contributed by atoms with Gasteiger partial charge < -0.3 is 0 Å². The van der Waals surface area contributed by atoms with E-state index in [1.165, 1.54) is 15.9 Å². The van der Waals surface area contributed by atoms with Gasteiger partial charge in [-0.05, 0) is 0 Å². The molecule has 3 nitrogen and oxygen atoms in total. The molecule has 0 heterocycles. The van der Waals surface area contributed by atoms with Gasteiger partial charge in [-0.15, -0.1) is 0 Å². The van der Waals surface area contributed by atoms with Gasteiger partial charge in [0.25, 0.3) is 0 Å². The first-order valence-electron chi connectivity index (χ1n) is 10.1. The van der Waals surface area contributed by atoms with Crippen LogP contribution in [0.25, 0.3) is 0 Å². The second-order valence-electron chi connectivity index (χ2n) is 7.48. The van der Waals surface area contributed by atoms with E-state index in [1.807, 2.05) is 30.3 Å². The van der Waals surface area contributed by atoms with Crippen LogP contribution < -0.4 is 15.9 Å². The van der Waals surface area contributed by atoms with Crippen molar-refractivity contribution in [1.29, 1.82) is 5.26 Å². The zero-order valence-corrected chi connectivity index (χ0v) is 17.9. The number of nitrogens with zero attached hydrogens (tertiary/aromatic N) is 1. The fourth-order valence-electron chi connectivity index (χ4n) is 4.26. The first kappa shape index (κ1) is 20.5. The second kappa shape index (κ2) is 8.96. The summed E-state index contributed by atoms with van der Waals surface area (Å²) < 4.78 is 0. The fraction of sp³-hybridized carbons (Fsp3) is 0.0370. The first-order valence-corrected chi connectivity index (χ1v) is 12.3. The predicted octanol–water partition coefficient (Wildman–Crippen LogP) is 4.48. The maximum absolute atomic E-state index is 11.8. The van der Waals surface area contributed by atoms with Crippen LogP contribution in [0.2, 0.25) is 0 Å².